The molecule has 3 aromatic rings. The number of Topliss-reactive ketones (excluding diaryl/α,β-unsaturated/α-hetero) is 1. The van der Waals surface area contributed by atoms with E-state index in [0.717, 1.165) is 22.4 Å². The maximum absolute atomic E-state index is 12.1. The zero-order valence-electron chi connectivity index (χ0n) is 10.9. The van der Waals surface area contributed by atoms with Gasteiger partial charge in [-0.2, -0.15) is 5.10 Å². The molecule has 0 spiro atoms. The fraction of sp³-hybridized carbons (Fsp3) is 0.200. The minimum absolute atomic E-state index is 0.0445. The number of carbonyl (C=O) groups excluding carboxylic acids is 1. The van der Waals surface area contributed by atoms with Crippen LogP contribution in [0.25, 0.3) is 10.9 Å². The largest absolute Gasteiger partial charge is 0.458 e. The highest BCUT2D eigenvalue weighted by Gasteiger charge is 2.15. The zero-order chi connectivity index (χ0) is 13.4. The average Bonchev–Trinajstić information content (AvgIpc) is 2.96. The molecule has 0 N–H and O–H groups in total. The molecule has 0 atom stereocenters. The van der Waals surface area contributed by atoms with Gasteiger partial charge in [0, 0.05) is 12.4 Å². The fourth-order valence-corrected chi connectivity index (χ4v) is 2.24. The number of hydrogen-bond acceptors (Lipinski definition) is 3. The van der Waals surface area contributed by atoms with Crippen LogP contribution in [0.15, 0.2) is 40.8 Å². The minimum Gasteiger partial charge on any atom is -0.458 e. The molecule has 2 aromatic heterocycles. The highest BCUT2D eigenvalue weighted by Crippen LogP contribution is 2.19. The first-order chi connectivity index (χ1) is 9.15. The second kappa shape index (κ2) is 4.39. The number of fused-ring (bicyclic) bond motifs is 1. The standard InChI is InChI=1S/C15H14N2O2/c1-10-7-8-15(19-10)14(18)9-12-11-5-3-4-6-13(11)17(2)16-12/h3-8H,9H2,1-2H3. The van der Waals surface area contributed by atoms with Gasteiger partial charge in [0.05, 0.1) is 17.6 Å². The minimum atomic E-state index is -0.0445. The Morgan fingerprint density at radius 1 is 1.26 bits per heavy atom. The zero-order valence-corrected chi connectivity index (χ0v) is 10.9. The van der Waals surface area contributed by atoms with E-state index in [1.165, 1.54) is 0 Å². The van der Waals surface area contributed by atoms with Gasteiger partial charge in [-0.1, -0.05) is 18.2 Å². The van der Waals surface area contributed by atoms with Crippen LogP contribution in [0.2, 0.25) is 0 Å². The van der Waals surface area contributed by atoms with Crippen molar-refractivity contribution in [3.8, 4) is 0 Å². The summed E-state index contributed by atoms with van der Waals surface area (Å²) >= 11 is 0. The third-order valence-electron chi connectivity index (χ3n) is 3.18. The van der Waals surface area contributed by atoms with E-state index in [2.05, 4.69) is 5.10 Å². The molecule has 0 aliphatic carbocycles. The van der Waals surface area contributed by atoms with Gasteiger partial charge in [0.15, 0.2) is 5.76 Å². The smallest absolute Gasteiger partial charge is 0.204 e. The van der Waals surface area contributed by atoms with Crippen molar-refractivity contribution in [2.75, 3.05) is 0 Å². The van der Waals surface area contributed by atoms with E-state index < -0.39 is 0 Å². The monoisotopic (exact) mass is 254 g/mol. The lowest BCUT2D eigenvalue weighted by Crippen LogP contribution is -2.03. The van der Waals surface area contributed by atoms with Gasteiger partial charge in [-0.15, -0.1) is 0 Å². The Bertz CT molecular complexity index is 752. The number of hydrogen-bond donors (Lipinski definition) is 0. The van der Waals surface area contributed by atoms with Gasteiger partial charge in [0.1, 0.15) is 5.76 Å². The van der Waals surface area contributed by atoms with Crippen molar-refractivity contribution in [3.05, 3.63) is 53.6 Å². The molecule has 0 amide bonds. The van der Waals surface area contributed by atoms with E-state index in [0.29, 0.717) is 5.76 Å². The molecule has 1 aromatic carbocycles. The first-order valence-electron chi connectivity index (χ1n) is 6.15. The lowest BCUT2D eigenvalue weighted by Gasteiger charge is -1.95. The summed E-state index contributed by atoms with van der Waals surface area (Å²) in [5.74, 6) is 1.10. The van der Waals surface area contributed by atoms with Crippen LogP contribution in [0.3, 0.4) is 0 Å². The van der Waals surface area contributed by atoms with Gasteiger partial charge < -0.3 is 4.42 Å². The molecule has 0 bridgehead atoms. The maximum atomic E-state index is 12.1. The first-order valence-corrected chi connectivity index (χ1v) is 6.15. The topological polar surface area (TPSA) is 48.0 Å². The number of nitrogens with zero attached hydrogens (tertiary/aromatic N) is 2. The summed E-state index contributed by atoms with van der Waals surface area (Å²) in [5.41, 5.74) is 1.82. The molecule has 4 nitrogen and oxygen atoms in total. The number of para-hydroxylation sites is 1. The molecule has 0 aliphatic heterocycles. The third-order valence-corrected chi connectivity index (χ3v) is 3.18. The number of aromatic nitrogens is 2. The summed E-state index contributed by atoms with van der Waals surface area (Å²) in [6, 6.07) is 11.4. The van der Waals surface area contributed by atoms with Crippen molar-refractivity contribution in [1.29, 1.82) is 0 Å². The summed E-state index contributed by atoms with van der Waals surface area (Å²) in [6.07, 6.45) is 0.258. The van der Waals surface area contributed by atoms with Gasteiger partial charge in [-0.05, 0) is 25.1 Å². The molecule has 4 heteroatoms. The molecule has 0 saturated carbocycles. The molecule has 3 rings (SSSR count). The number of furan rings is 1. The molecular formula is C15H14N2O2. The number of benzene rings is 1. The predicted molar refractivity (Wildman–Crippen MR) is 72.2 cm³/mol. The molecule has 96 valence electrons. The number of carbonyl (C=O) groups is 1. The second-order valence-corrected chi connectivity index (χ2v) is 4.60. The van der Waals surface area contributed by atoms with Crippen LogP contribution in [0, 0.1) is 6.92 Å². The Kier molecular flexibility index (Phi) is 2.71. The van der Waals surface area contributed by atoms with Crippen LogP contribution in [-0.4, -0.2) is 15.6 Å². The molecule has 0 radical (unpaired) electrons. The maximum Gasteiger partial charge on any atom is 0.204 e. The highest BCUT2D eigenvalue weighted by molar-refractivity contribution is 5.97. The number of aryl methyl sites for hydroxylation is 2. The molecule has 0 unspecified atom stereocenters. The Morgan fingerprint density at radius 2 is 2.05 bits per heavy atom. The summed E-state index contributed by atoms with van der Waals surface area (Å²) in [4.78, 5) is 12.1. The summed E-state index contributed by atoms with van der Waals surface area (Å²) in [5, 5.41) is 5.43. The lowest BCUT2D eigenvalue weighted by atomic mass is 10.1. The Labute approximate surface area is 110 Å². The van der Waals surface area contributed by atoms with Crippen molar-refractivity contribution in [3.63, 3.8) is 0 Å². The number of ketones is 1. The highest BCUT2D eigenvalue weighted by atomic mass is 16.3. The van der Waals surface area contributed by atoms with Crippen molar-refractivity contribution < 1.29 is 9.21 Å². The van der Waals surface area contributed by atoms with E-state index in [-0.39, 0.29) is 12.2 Å². The van der Waals surface area contributed by atoms with Gasteiger partial charge in [0.2, 0.25) is 5.78 Å². The van der Waals surface area contributed by atoms with Crippen LogP contribution in [0.1, 0.15) is 22.0 Å². The van der Waals surface area contributed by atoms with Crippen molar-refractivity contribution >= 4 is 16.7 Å². The quantitative estimate of drug-likeness (QED) is 0.675. The Balaban J connectivity index is 1.95. The molecule has 0 saturated heterocycles. The van der Waals surface area contributed by atoms with Gasteiger partial charge in [-0.25, -0.2) is 0 Å². The average molecular weight is 254 g/mol. The first kappa shape index (κ1) is 11.7. The van der Waals surface area contributed by atoms with Crippen LogP contribution in [0.5, 0.6) is 0 Å². The van der Waals surface area contributed by atoms with Crippen molar-refractivity contribution in [2.24, 2.45) is 7.05 Å². The molecule has 2 heterocycles. The van der Waals surface area contributed by atoms with Gasteiger partial charge in [-0.3, -0.25) is 9.48 Å². The third kappa shape index (κ3) is 2.05. The van der Waals surface area contributed by atoms with E-state index in [4.69, 9.17) is 4.42 Å². The predicted octanol–water partition coefficient (Wildman–Crippen LogP) is 2.90. The van der Waals surface area contributed by atoms with Crippen molar-refractivity contribution in [2.45, 2.75) is 13.3 Å². The van der Waals surface area contributed by atoms with Crippen molar-refractivity contribution in [1.82, 2.24) is 9.78 Å². The van der Waals surface area contributed by atoms with E-state index in [9.17, 15) is 4.79 Å². The summed E-state index contributed by atoms with van der Waals surface area (Å²) in [7, 11) is 1.88. The molecule has 19 heavy (non-hydrogen) atoms. The number of rotatable bonds is 3. The van der Waals surface area contributed by atoms with Crippen LogP contribution in [-0.2, 0) is 13.5 Å². The second-order valence-electron chi connectivity index (χ2n) is 4.60. The molecule has 0 fully saturated rings. The van der Waals surface area contributed by atoms with Gasteiger partial charge in [0.25, 0.3) is 0 Å². The summed E-state index contributed by atoms with van der Waals surface area (Å²) < 4.78 is 7.15. The van der Waals surface area contributed by atoms with Crippen LogP contribution in [0.4, 0.5) is 0 Å². The van der Waals surface area contributed by atoms with E-state index >= 15 is 0 Å². The van der Waals surface area contributed by atoms with E-state index in [1.807, 2.05) is 38.2 Å². The lowest BCUT2D eigenvalue weighted by molar-refractivity contribution is 0.0964. The molecule has 0 aliphatic rings. The fourth-order valence-electron chi connectivity index (χ4n) is 2.24. The van der Waals surface area contributed by atoms with Gasteiger partial charge >= 0.3 is 0 Å². The normalized spacial score (nSPS) is 11.1. The SMILES string of the molecule is Cc1ccc(C(=O)Cc2nn(C)c3ccccc23)o1. The summed E-state index contributed by atoms with van der Waals surface area (Å²) in [6.45, 7) is 1.83. The Morgan fingerprint density at radius 3 is 2.79 bits per heavy atom. The van der Waals surface area contributed by atoms with Crippen LogP contribution < -0.4 is 0 Å². The van der Waals surface area contributed by atoms with E-state index in [1.54, 1.807) is 16.8 Å². The Hall–Kier alpha value is -2.36. The van der Waals surface area contributed by atoms with Crippen LogP contribution >= 0.6 is 0 Å². The molecular weight excluding hydrogens is 240 g/mol.